The van der Waals surface area contributed by atoms with Crippen molar-refractivity contribution in [2.24, 2.45) is 0 Å². The zero-order chi connectivity index (χ0) is 27.1. The van der Waals surface area contributed by atoms with Gasteiger partial charge in [-0.25, -0.2) is 8.42 Å². The molecule has 38 heavy (non-hydrogen) atoms. The third kappa shape index (κ3) is 6.82. The Morgan fingerprint density at radius 1 is 0.947 bits per heavy atom. The molecule has 3 aromatic rings. The Labute approximate surface area is 233 Å². The molecule has 0 saturated heterocycles. The minimum absolute atomic E-state index is 0.0854. The van der Waals surface area contributed by atoms with Crippen LogP contribution < -0.4 is 9.62 Å². The molecule has 0 aliphatic heterocycles. The average molecular weight is 599 g/mol. The molecule has 1 N–H and O–H groups in total. The molecule has 3 aromatic carbocycles. The van der Waals surface area contributed by atoms with Gasteiger partial charge in [0, 0.05) is 17.1 Å². The van der Waals surface area contributed by atoms with E-state index in [1.807, 2.05) is 24.3 Å². The lowest BCUT2D eigenvalue weighted by atomic mass is 10.1. The van der Waals surface area contributed by atoms with E-state index in [1.54, 1.807) is 55.5 Å². The zero-order valence-corrected chi connectivity index (χ0v) is 23.7. The molecule has 0 spiro atoms. The number of carbonyl (C=O) groups excluding carboxylic acids is 2. The topological polar surface area (TPSA) is 86.8 Å². The van der Waals surface area contributed by atoms with Gasteiger partial charge in [-0.05, 0) is 61.7 Å². The number of rotatable bonds is 10. The molecule has 4 rings (SSSR count). The highest BCUT2D eigenvalue weighted by atomic mass is 79.9. The fourth-order valence-electron chi connectivity index (χ4n) is 4.65. The number of anilines is 1. The Hall–Kier alpha value is -3.17. The van der Waals surface area contributed by atoms with E-state index in [4.69, 9.17) is 0 Å². The summed E-state index contributed by atoms with van der Waals surface area (Å²) < 4.78 is 29.4. The molecule has 1 fully saturated rings. The zero-order valence-electron chi connectivity index (χ0n) is 21.3. The highest BCUT2D eigenvalue weighted by Gasteiger charge is 2.33. The molecule has 1 aliphatic carbocycles. The summed E-state index contributed by atoms with van der Waals surface area (Å²) in [7, 11) is -4.05. The average Bonchev–Trinajstić information content (AvgIpc) is 3.44. The summed E-state index contributed by atoms with van der Waals surface area (Å²) in [6.45, 7) is 1.40. The molecule has 7 nitrogen and oxygen atoms in total. The van der Waals surface area contributed by atoms with Crippen LogP contribution in [0.25, 0.3) is 0 Å². The molecule has 1 atom stereocenters. The number of carbonyl (C=O) groups is 2. The lowest BCUT2D eigenvalue weighted by Gasteiger charge is -2.32. The van der Waals surface area contributed by atoms with Crippen LogP contribution in [0.5, 0.6) is 0 Å². The first-order chi connectivity index (χ1) is 18.3. The van der Waals surface area contributed by atoms with Gasteiger partial charge >= 0.3 is 0 Å². The van der Waals surface area contributed by atoms with Crippen molar-refractivity contribution in [1.29, 1.82) is 0 Å². The van der Waals surface area contributed by atoms with Crippen LogP contribution in [0, 0.1) is 0 Å². The summed E-state index contributed by atoms with van der Waals surface area (Å²) in [4.78, 5) is 28.7. The standard InChI is InChI=1S/C29H32BrN3O4S/c1-22(29(35)31-25-13-8-9-14-25)32(20-23-11-10-12-24(30)19-23)28(34)21-33(26-15-4-2-5-16-26)38(36,37)27-17-6-3-7-18-27/h2-7,10-12,15-19,22,25H,8-9,13-14,20-21H2,1H3,(H,31,35)/t22-/m0/s1. The lowest BCUT2D eigenvalue weighted by Crippen LogP contribution is -2.52. The minimum Gasteiger partial charge on any atom is -0.352 e. The minimum atomic E-state index is -4.05. The van der Waals surface area contributed by atoms with Crippen LogP contribution in [-0.4, -0.2) is 43.8 Å². The van der Waals surface area contributed by atoms with E-state index in [2.05, 4.69) is 21.2 Å². The molecule has 0 radical (unpaired) electrons. The Balaban J connectivity index is 1.66. The summed E-state index contributed by atoms with van der Waals surface area (Å²) in [6.07, 6.45) is 4.00. The second kappa shape index (κ2) is 12.6. The van der Waals surface area contributed by atoms with E-state index in [0.29, 0.717) is 5.69 Å². The summed E-state index contributed by atoms with van der Waals surface area (Å²) in [5, 5.41) is 3.08. The molecule has 0 bridgehead atoms. The number of amides is 2. The molecule has 200 valence electrons. The van der Waals surface area contributed by atoms with E-state index in [-0.39, 0.29) is 23.4 Å². The van der Waals surface area contributed by atoms with Gasteiger partial charge < -0.3 is 10.2 Å². The Morgan fingerprint density at radius 2 is 1.58 bits per heavy atom. The molecular formula is C29H32BrN3O4S. The number of halogens is 1. The fourth-order valence-corrected chi connectivity index (χ4v) is 6.53. The van der Waals surface area contributed by atoms with Crippen molar-refractivity contribution >= 4 is 43.5 Å². The maximum Gasteiger partial charge on any atom is 0.264 e. The van der Waals surface area contributed by atoms with Crippen molar-refractivity contribution in [3.05, 3.63) is 95.0 Å². The molecular weight excluding hydrogens is 566 g/mol. The number of nitrogens with one attached hydrogen (secondary N) is 1. The number of nitrogens with zero attached hydrogens (tertiary/aromatic N) is 2. The van der Waals surface area contributed by atoms with Gasteiger partial charge in [-0.3, -0.25) is 13.9 Å². The maximum atomic E-state index is 13.9. The lowest BCUT2D eigenvalue weighted by molar-refractivity contribution is -0.139. The highest BCUT2D eigenvalue weighted by Crippen LogP contribution is 2.25. The van der Waals surface area contributed by atoms with Crippen LogP contribution in [-0.2, 0) is 26.2 Å². The molecule has 0 heterocycles. The van der Waals surface area contributed by atoms with E-state index in [0.717, 1.165) is 40.0 Å². The maximum absolute atomic E-state index is 13.9. The summed E-state index contributed by atoms with van der Waals surface area (Å²) in [5.74, 6) is -0.708. The fraction of sp³-hybridized carbons (Fsp3) is 0.310. The number of hydrogen-bond donors (Lipinski definition) is 1. The quantitative estimate of drug-likeness (QED) is 0.351. The number of benzene rings is 3. The second-order valence-electron chi connectivity index (χ2n) is 9.48. The van der Waals surface area contributed by atoms with Gasteiger partial charge in [0.15, 0.2) is 0 Å². The SMILES string of the molecule is C[C@@H](C(=O)NC1CCCC1)N(Cc1cccc(Br)c1)C(=O)CN(c1ccccc1)S(=O)(=O)c1ccccc1. The molecule has 0 aromatic heterocycles. The van der Waals surface area contributed by atoms with Crippen LogP contribution >= 0.6 is 15.9 Å². The van der Waals surface area contributed by atoms with E-state index in [1.165, 1.54) is 17.0 Å². The van der Waals surface area contributed by atoms with Crippen LogP contribution in [0.4, 0.5) is 5.69 Å². The van der Waals surface area contributed by atoms with Crippen molar-refractivity contribution in [1.82, 2.24) is 10.2 Å². The van der Waals surface area contributed by atoms with Crippen molar-refractivity contribution in [2.45, 2.75) is 56.1 Å². The van der Waals surface area contributed by atoms with Gasteiger partial charge in [0.1, 0.15) is 12.6 Å². The molecule has 9 heteroatoms. The van der Waals surface area contributed by atoms with Gasteiger partial charge in [-0.2, -0.15) is 0 Å². The summed E-state index contributed by atoms with van der Waals surface area (Å²) in [5.41, 5.74) is 1.19. The third-order valence-electron chi connectivity index (χ3n) is 6.77. The van der Waals surface area contributed by atoms with Crippen molar-refractivity contribution < 1.29 is 18.0 Å². The van der Waals surface area contributed by atoms with Gasteiger partial charge in [-0.1, -0.05) is 77.3 Å². The second-order valence-corrected chi connectivity index (χ2v) is 12.3. The molecule has 1 aliphatic rings. The van der Waals surface area contributed by atoms with Crippen molar-refractivity contribution in [3.63, 3.8) is 0 Å². The smallest absolute Gasteiger partial charge is 0.264 e. The highest BCUT2D eigenvalue weighted by molar-refractivity contribution is 9.10. The predicted octanol–water partition coefficient (Wildman–Crippen LogP) is 5.12. The molecule has 1 saturated carbocycles. The predicted molar refractivity (Wildman–Crippen MR) is 152 cm³/mol. The summed E-state index contributed by atoms with van der Waals surface area (Å²) in [6, 6.07) is 23.4. The summed E-state index contributed by atoms with van der Waals surface area (Å²) >= 11 is 3.47. The first-order valence-electron chi connectivity index (χ1n) is 12.7. The van der Waals surface area contributed by atoms with Crippen LogP contribution in [0.2, 0.25) is 0 Å². The van der Waals surface area contributed by atoms with Crippen molar-refractivity contribution in [2.75, 3.05) is 10.8 Å². The van der Waals surface area contributed by atoms with Crippen molar-refractivity contribution in [3.8, 4) is 0 Å². The van der Waals surface area contributed by atoms with E-state index in [9.17, 15) is 18.0 Å². The normalized spacial score (nSPS) is 14.6. The van der Waals surface area contributed by atoms with Crippen LogP contribution in [0.1, 0.15) is 38.2 Å². The number of hydrogen-bond acceptors (Lipinski definition) is 4. The third-order valence-corrected chi connectivity index (χ3v) is 9.05. The van der Waals surface area contributed by atoms with E-state index >= 15 is 0 Å². The van der Waals surface area contributed by atoms with Crippen LogP contribution in [0.15, 0.2) is 94.3 Å². The van der Waals surface area contributed by atoms with Gasteiger partial charge in [-0.15, -0.1) is 0 Å². The van der Waals surface area contributed by atoms with E-state index < -0.39 is 28.5 Å². The Bertz CT molecular complexity index is 1350. The first kappa shape index (κ1) is 27.9. The largest absolute Gasteiger partial charge is 0.352 e. The van der Waals surface area contributed by atoms with Crippen LogP contribution in [0.3, 0.4) is 0 Å². The number of sulfonamides is 1. The van der Waals surface area contributed by atoms with Gasteiger partial charge in [0.05, 0.1) is 10.6 Å². The van der Waals surface area contributed by atoms with Gasteiger partial charge in [0.2, 0.25) is 11.8 Å². The number of para-hydroxylation sites is 1. The Kier molecular flexibility index (Phi) is 9.22. The van der Waals surface area contributed by atoms with Gasteiger partial charge in [0.25, 0.3) is 10.0 Å². The molecule has 2 amide bonds. The first-order valence-corrected chi connectivity index (χ1v) is 15.0. The molecule has 0 unspecified atom stereocenters. The monoisotopic (exact) mass is 597 g/mol. The Morgan fingerprint density at radius 3 is 2.21 bits per heavy atom.